The Morgan fingerprint density at radius 2 is 1.97 bits per heavy atom. The van der Waals surface area contributed by atoms with Gasteiger partial charge in [0.1, 0.15) is 11.5 Å². The minimum Gasteiger partial charge on any atom is -0.497 e. The Balaban J connectivity index is 1.75. The van der Waals surface area contributed by atoms with Crippen molar-refractivity contribution in [1.82, 2.24) is 20.1 Å². The molecule has 1 N–H and O–H groups in total. The van der Waals surface area contributed by atoms with Crippen molar-refractivity contribution < 1.29 is 19.1 Å². The van der Waals surface area contributed by atoms with E-state index in [1.165, 1.54) is 0 Å². The number of nitrogens with one attached hydrogen (secondary N) is 1. The maximum atomic E-state index is 13.5. The van der Waals surface area contributed by atoms with Gasteiger partial charge in [0.25, 0.3) is 5.91 Å². The number of aromatic nitrogens is 1. The summed E-state index contributed by atoms with van der Waals surface area (Å²) in [5.74, 6) is 1.04. The molecule has 0 unspecified atom stereocenters. The first kappa shape index (κ1) is 20.5. The summed E-state index contributed by atoms with van der Waals surface area (Å²) in [5, 5.41) is 2.97. The number of benzene rings is 1. The van der Waals surface area contributed by atoms with Gasteiger partial charge in [-0.3, -0.25) is 14.7 Å². The maximum Gasteiger partial charge on any atom is 0.322 e. The molecule has 0 radical (unpaired) electrons. The topological polar surface area (TPSA) is 84.0 Å². The lowest BCUT2D eigenvalue weighted by molar-refractivity contribution is -0.126. The molecule has 2 aliphatic heterocycles. The van der Waals surface area contributed by atoms with Crippen molar-refractivity contribution in [1.29, 1.82) is 0 Å². The van der Waals surface area contributed by atoms with Crippen molar-refractivity contribution >= 4 is 11.9 Å². The summed E-state index contributed by atoms with van der Waals surface area (Å²) in [5.41, 5.74) is 2.86. The van der Waals surface area contributed by atoms with Gasteiger partial charge in [-0.15, -0.1) is 6.58 Å². The van der Waals surface area contributed by atoms with Crippen LogP contribution in [-0.2, 0) is 11.3 Å². The number of ether oxygens (including phenoxy) is 2. The Hall–Kier alpha value is -3.81. The maximum absolute atomic E-state index is 13.5. The van der Waals surface area contributed by atoms with E-state index in [0.717, 1.165) is 5.56 Å². The predicted molar refractivity (Wildman–Crippen MR) is 114 cm³/mol. The number of pyridine rings is 1. The van der Waals surface area contributed by atoms with E-state index in [1.54, 1.807) is 60.7 Å². The Labute approximate surface area is 180 Å². The van der Waals surface area contributed by atoms with Crippen LogP contribution in [0.5, 0.6) is 11.5 Å². The molecule has 2 aromatic rings. The smallest absolute Gasteiger partial charge is 0.322 e. The van der Waals surface area contributed by atoms with Crippen LogP contribution in [0.2, 0.25) is 0 Å². The molecule has 0 saturated heterocycles. The van der Waals surface area contributed by atoms with Crippen LogP contribution in [-0.4, -0.2) is 54.0 Å². The molecular formula is C23H24N4O4. The van der Waals surface area contributed by atoms with Gasteiger partial charge in [0.2, 0.25) is 0 Å². The quantitative estimate of drug-likeness (QED) is 0.697. The Kier molecular flexibility index (Phi) is 5.62. The molecule has 8 heteroatoms. The van der Waals surface area contributed by atoms with E-state index in [4.69, 9.17) is 9.47 Å². The Morgan fingerprint density at radius 3 is 2.58 bits per heavy atom. The summed E-state index contributed by atoms with van der Waals surface area (Å²) in [7, 11) is 3.12. The lowest BCUT2D eigenvalue weighted by Gasteiger charge is -2.33. The molecule has 1 aromatic carbocycles. The minimum atomic E-state index is -0.612. The molecular weight excluding hydrogens is 396 g/mol. The molecule has 3 amide bonds. The second kappa shape index (κ2) is 8.51. The molecule has 4 rings (SSSR count). The second-order valence-electron chi connectivity index (χ2n) is 7.31. The molecule has 1 aromatic heterocycles. The predicted octanol–water partition coefficient (Wildman–Crippen LogP) is 2.65. The van der Waals surface area contributed by atoms with Gasteiger partial charge in [-0.05, 0) is 29.3 Å². The zero-order chi connectivity index (χ0) is 22.0. The first-order valence-corrected chi connectivity index (χ1v) is 9.88. The first-order valence-electron chi connectivity index (χ1n) is 9.88. The highest BCUT2D eigenvalue weighted by Crippen LogP contribution is 2.38. The summed E-state index contributed by atoms with van der Waals surface area (Å²) >= 11 is 0. The molecule has 0 saturated carbocycles. The van der Waals surface area contributed by atoms with Crippen LogP contribution in [0.15, 0.2) is 66.7 Å². The zero-order valence-electron chi connectivity index (χ0n) is 17.5. The number of nitrogens with zero attached hydrogens (tertiary/aromatic N) is 3. The highest BCUT2D eigenvalue weighted by Gasteiger charge is 2.43. The van der Waals surface area contributed by atoms with Crippen molar-refractivity contribution in [3.05, 3.63) is 77.8 Å². The Bertz CT molecular complexity index is 1030. The van der Waals surface area contributed by atoms with Gasteiger partial charge < -0.3 is 19.7 Å². The van der Waals surface area contributed by atoms with Gasteiger partial charge in [-0.2, -0.15) is 0 Å². The highest BCUT2D eigenvalue weighted by molar-refractivity contribution is 6.01. The van der Waals surface area contributed by atoms with Gasteiger partial charge in [-0.1, -0.05) is 12.1 Å². The van der Waals surface area contributed by atoms with E-state index in [9.17, 15) is 9.59 Å². The van der Waals surface area contributed by atoms with Crippen molar-refractivity contribution in [3.63, 3.8) is 0 Å². The average Bonchev–Trinajstić information content (AvgIpc) is 3.11. The van der Waals surface area contributed by atoms with E-state index in [-0.39, 0.29) is 11.9 Å². The number of rotatable bonds is 7. The molecule has 0 aliphatic carbocycles. The van der Waals surface area contributed by atoms with E-state index >= 15 is 0 Å². The first-order chi connectivity index (χ1) is 15.0. The van der Waals surface area contributed by atoms with Crippen LogP contribution in [0.1, 0.15) is 17.2 Å². The fourth-order valence-corrected chi connectivity index (χ4v) is 3.96. The standard InChI is InChI=1S/C23H24N4O4/c1-4-8-27-19-14-26(13-15-6-5-7-24-12-15)22(28)20(19)21(25-23(27)29)16-9-17(30-2)11-18(10-16)31-3/h4-7,9-12,21H,1,8,13-14H2,2-3H3,(H,25,29)/t21-/m1/s1. The molecule has 160 valence electrons. The molecule has 1 atom stereocenters. The van der Waals surface area contributed by atoms with E-state index < -0.39 is 6.04 Å². The monoisotopic (exact) mass is 420 g/mol. The van der Waals surface area contributed by atoms with Gasteiger partial charge in [0.05, 0.1) is 38.1 Å². The number of carbonyl (C=O) groups excluding carboxylic acids is 2. The summed E-state index contributed by atoms with van der Waals surface area (Å²) < 4.78 is 10.8. The van der Waals surface area contributed by atoms with Gasteiger partial charge >= 0.3 is 6.03 Å². The summed E-state index contributed by atoms with van der Waals surface area (Å²) in [6, 6.07) is 8.23. The third kappa shape index (κ3) is 3.84. The summed E-state index contributed by atoms with van der Waals surface area (Å²) in [6.45, 7) is 4.80. The molecule has 0 fully saturated rings. The summed E-state index contributed by atoms with van der Waals surface area (Å²) in [6.07, 6.45) is 5.08. The number of urea groups is 1. The lowest BCUT2D eigenvalue weighted by Crippen LogP contribution is -2.47. The third-order valence-corrected chi connectivity index (χ3v) is 5.41. The van der Waals surface area contributed by atoms with E-state index in [0.29, 0.717) is 48.0 Å². The Morgan fingerprint density at radius 1 is 1.23 bits per heavy atom. The summed E-state index contributed by atoms with van der Waals surface area (Å²) in [4.78, 5) is 33.8. The van der Waals surface area contributed by atoms with Crippen LogP contribution < -0.4 is 14.8 Å². The molecule has 2 aliphatic rings. The fraction of sp³-hybridized carbons (Fsp3) is 0.261. The van der Waals surface area contributed by atoms with Crippen LogP contribution in [0, 0.1) is 0 Å². The van der Waals surface area contributed by atoms with Crippen molar-refractivity contribution in [3.8, 4) is 11.5 Å². The van der Waals surface area contributed by atoms with Crippen molar-refractivity contribution in [2.45, 2.75) is 12.6 Å². The molecule has 31 heavy (non-hydrogen) atoms. The highest BCUT2D eigenvalue weighted by atomic mass is 16.5. The van der Waals surface area contributed by atoms with Gasteiger partial charge in [-0.25, -0.2) is 4.79 Å². The van der Waals surface area contributed by atoms with Crippen molar-refractivity contribution in [2.75, 3.05) is 27.3 Å². The average molecular weight is 420 g/mol. The zero-order valence-corrected chi connectivity index (χ0v) is 17.5. The normalized spacial score (nSPS) is 18.1. The molecule has 3 heterocycles. The lowest BCUT2D eigenvalue weighted by atomic mass is 9.95. The molecule has 8 nitrogen and oxygen atoms in total. The number of carbonyl (C=O) groups is 2. The number of methoxy groups -OCH3 is 2. The SMILES string of the molecule is C=CCN1C(=O)N[C@H](c2cc(OC)cc(OC)c2)C2=C1CN(Cc1cccnc1)C2=O. The number of hydrogen-bond acceptors (Lipinski definition) is 5. The minimum absolute atomic E-state index is 0.125. The van der Waals surface area contributed by atoms with Crippen molar-refractivity contribution in [2.24, 2.45) is 0 Å². The third-order valence-electron chi connectivity index (χ3n) is 5.41. The van der Waals surface area contributed by atoms with Crippen LogP contribution >= 0.6 is 0 Å². The number of hydrogen-bond donors (Lipinski definition) is 1. The molecule has 0 bridgehead atoms. The fourth-order valence-electron chi connectivity index (χ4n) is 3.96. The van der Waals surface area contributed by atoms with Crippen LogP contribution in [0.3, 0.4) is 0 Å². The van der Waals surface area contributed by atoms with Gasteiger partial charge in [0.15, 0.2) is 0 Å². The largest absolute Gasteiger partial charge is 0.497 e. The van der Waals surface area contributed by atoms with E-state index in [2.05, 4.69) is 16.9 Å². The van der Waals surface area contributed by atoms with Crippen LogP contribution in [0.25, 0.3) is 0 Å². The second-order valence-corrected chi connectivity index (χ2v) is 7.31. The van der Waals surface area contributed by atoms with Gasteiger partial charge in [0, 0.05) is 31.5 Å². The van der Waals surface area contributed by atoms with E-state index in [1.807, 2.05) is 12.1 Å². The number of amides is 3. The molecule has 0 spiro atoms. The van der Waals surface area contributed by atoms with Crippen LogP contribution in [0.4, 0.5) is 4.79 Å².